The van der Waals surface area contributed by atoms with E-state index >= 15 is 0 Å². The number of nitrogens with one attached hydrogen (secondary N) is 3. The number of hydrogen-bond donors (Lipinski definition) is 3. The third-order valence-electron chi connectivity index (χ3n) is 3.39. The van der Waals surface area contributed by atoms with Crippen LogP contribution in [0.25, 0.3) is 11.0 Å². The van der Waals surface area contributed by atoms with E-state index < -0.39 is 0 Å². The Morgan fingerprint density at radius 1 is 1.30 bits per heavy atom. The molecule has 23 heavy (non-hydrogen) atoms. The van der Waals surface area contributed by atoms with Crippen molar-refractivity contribution in [1.82, 2.24) is 25.6 Å². The molecule has 0 aliphatic rings. The van der Waals surface area contributed by atoms with Crippen LogP contribution in [0.2, 0.25) is 0 Å². The number of rotatable bonds is 5. The summed E-state index contributed by atoms with van der Waals surface area (Å²) in [6.45, 7) is 3.50. The first-order valence-electron chi connectivity index (χ1n) is 7.54. The first-order valence-corrected chi connectivity index (χ1v) is 8.35. The molecule has 0 aliphatic carbocycles. The Morgan fingerprint density at radius 2 is 2.17 bits per heavy atom. The number of thiazole rings is 1. The molecule has 120 valence electrons. The lowest BCUT2D eigenvalue weighted by Crippen LogP contribution is -2.37. The molecule has 0 saturated carbocycles. The molecule has 0 aliphatic heterocycles. The predicted octanol–water partition coefficient (Wildman–Crippen LogP) is 2.24. The molecular formula is C16H20N6S. The number of imidazole rings is 1. The van der Waals surface area contributed by atoms with Crippen LogP contribution < -0.4 is 10.6 Å². The minimum absolute atomic E-state index is 0.683. The average Bonchev–Trinajstić information content (AvgIpc) is 3.16. The summed E-state index contributed by atoms with van der Waals surface area (Å²) in [6.07, 6.45) is 2.70. The number of H-pyrrole nitrogens is 1. The zero-order valence-corrected chi connectivity index (χ0v) is 14.1. The maximum absolute atomic E-state index is 4.57. The molecule has 7 heteroatoms. The van der Waals surface area contributed by atoms with Gasteiger partial charge in [-0.1, -0.05) is 12.1 Å². The summed E-state index contributed by atoms with van der Waals surface area (Å²) < 4.78 is 0. The molecular weight excluding hydrogens is 308 g/mol. The van der Waals surface area contributed by atoms with Crippen LogP contribution in [0.1, 0.15) is 15.7 Å². The maximum Gasteiger partial charge on any atom is 0.191 e. The van der Waals surface area contributed by atoms with Gasteiger partial charge in [0.05, 0.1) is 17.6 Å². The largest absolute Gasteiger partial charge is 0.356 e. The lowest BCUT2D eigenvalue weighted by Gasteiger charge is -2.10. The highest BCUT2D eigenvalue weighted by Crippen LogP contribution is 2.11. The summed E-state index contributed by atoms with van der Waals surface area (Å²) >= 11 is 1.69. The van der Waals surface area contributed by atoms with Gasteiger partial charge in [-0.25, -0.2) is 9.97 Å². The summed E-state index contributed by atoms with van der Waals surface area (Å²) in [5.41, 5.74) is 2.08. The van der Waals surface area contributed by atoms with Gasteiger partial charge in [-0.15, -0.1) is 11.3 Å². The van der Waals surface area contributed by atoms with E-state index in [4.69, 9.17) is 0 Å². The number of hydrogen-bond acceptors (Lipinski definition) is 4. The van der Waals surface area contributed by atoms with Crippen LogP contribution in [-0.4, -0.2) is 34.5 Å². The van der Waals surface area contributed by atoms with Crippen molar-refractivity contribution < 1.29 is 0 Å². The van der Waals surface area contributed by atoms with Gasteiger partial charge in [0.2, 0.25) is 0 Å². The quantitative estimate of drug-likeness (QED) is 0.496. The van der Waals surface area contributed by atoms with Crippen molar-refractivity contribution in [1.29, 1.82) is 0 Å². The minimum atomic E-state index is 0.683. The summed E-state index contributed by atoms with van der Waals surface area (Å²) in [7, 11) is 1.77. The summed E-state index contributed by atoms with van der Waals surface area (Å²) in [4.78, 5) is 17.7. The standard InChI is InChI=1S/C16H20N6S/c1-11-9-19-15(23-11)10-20-16(17-2)18-8-7-14-21-12-5-3-4-6-13(12)22-14/h3-6,9H,7-8,10H2,1-2H3,(H,21,22)(H2,17,18,20). The number of benzene rings is 1. The number of nitrogens with zero attached hydrogens (tertiary/aromatic N) is 3. The number of fused-ring (bicyclic) bond motifs is 1. The second-order valence-corrected chi connectivity index (χ2v) is 6.49. The molecule has 1 aromatic carbocycles. The van der Waals surface area contributed by atoms with Crippen molar-refractivity contribution in [2.45, 2.75) is 19.9 Å². The molecule has 2 aromatic heterocycles. The third kappa shape index (κ3) is 4.07. The summed E-state index contributed by atoms with van der Waals surface area (Å²) in [5, 5.41) is 7.62. The Hall–Kier alpha value is -2.41. The predicted molar refractivity (Wildman–Crippen MR) is 94.9 cm³/mol. The van der Waals surface area contributed by atoms with E-state index in [1.54, 1.807) is 18.4 Å². The third-order valence-corrected chi connectivity index (χ3v) is 4.31. The highest BCUT2D eigenvalue weighted by Gasteiger charge is 2.04. The fourth-order valence-corrected chi connectivity index (χ4v) is 3.01. The lowest BCUT2D eigenvalue weighted by molar-refractivity contribution is 0.775. The van der Waals surface area contributed by atoms with Crippen LogP contribution in [0.3, 0.4) is 0 Å². The summed E-state index contributed by atoms with van der Waals surface area (Å²) in [5.74, 6) is 1.75. The van der Waals surface area contributed by atoms with Crippen LogP contribution in [0.4, 0.5) is 0 Å². The van der Waals surface area contributed by atoms with Crippen molar-refractivity contribution >= 4 is 28.3 Å². The number of aliphatic imine (C=N–C) groups is 1. The number of aromatic amines is 1. The first kappa shape index (κ1) is 15.5. The second kappa shape index (κ2) is 7.23. The molecule has 0 unspecified atom stereocenters. The molecule has 6 nitrogen and oxygen atoms in total. The van der Waals surface area contributed by atoms with E-state index in [2.05, 4.69) is 37.5 Å². The second-order valence-electron chi connectivity index (χ2n) is 5.17. The average molecular weight is 328 g/mol. The number of para-hydroxylation sites is 2. The van der Waals surface area contributed by atoms with E-state index in [0.29, 0.717) is 6.54 Å². The van der Waals surface area contributed by atoms with Crippen molar-refractivity contribution in [2.24, 2.45) is 4.99 Å². The van der Waals surface area contributed by atoms with Crippen LogP contribution in [0.5, 0.6) is 0 Å². The van der Waals surface area contributed by atoms with Crippen LogP contribution in [0.15, 0.2) is 35.5 Å². The molecule has 0 radical (unpaired) electrons. The van der Waals surface area contributed by atoms with E-state index in [-0.39, 0.29) is 0 Å². The van der Waals surface area contributed by atoms with Gasteiger partial charge in [0, 0.05) is 31.1 Å². The lowest BCUT2D eigenvalue weighted by atomic mass is 10.3. The van der Waals surface area contributed by atoms with E-state index in [1.165, 1.54) is 4.88 Å². The molecule has 0 atom stereocenters. The molecule has 3 rings (SSSR count). The fraction of sp³-hybridized carbons (Fsp3) is 0.312. The Labute approximate surface area is 139 Å². The van der Waals surface area contributed by atoms with Gasteiger partial charge in [-0.3, -0.25) is 4.99 Å². The van der Waals surface area contributed by atoms with Crippen LogP contribution in [0, 0.1) is 6.92 Å². The van der Waals surface area contributed by atoms with E-state index in [1.807, 2.05) is 30.5 Å². The molecule has 2 heterocycles. The topological polar surface area (TPSA) is 78.0 Å². The Kier molecular flexibility index (Phi) is 4.87. The van der Waals surface area contributed by atoms with Crippen molar-refractivity contribution in [3.63, 3.8) is 0 Å². The monoisotopic (exact) mass is 328 g/mol. The normalized spacial score (nSPS) is 11.8. The number of aromatic nitrogens is 3. The highest BCUT2D eigenvalue weighted by atomic mass is 32.1. The Balaban J connectivity index is 1.48. The zero-order chi connectivity index (χ0) is 16.1. The zero-order valence-electron chi connectivity index (χ0n) is 13.3. The highest BCUT2D eigenvalue weighted by molar-refractivity contribution is 7.11. The van der Waals surface area contributed by atoms with E-state index in [9.17, 15) is 0 Å². The maximum atomic E-state index is 4.57. The van der Waals surface area contributed by atoms with Crippen molar-refractivity contribution in [2.75, 3.05) is 13.6 Å². The Bertz CT molecular complexity index is 771. The summed E-state index contributed by atoms with van der Waals surface area (Å²) in [6, 6.07) is 8.06. The smallest absolute Gasteiger partial charge is 0.191 e. The SMILES string of the molecule is CN=C(NCCc1nc2ccccc2[nH]1)NCc1ncc(C)s1. The van der Waals surface area contributed by atoms with Gasteiger partial charge in [0.15, 0.2) is 5.96 Å². The first-order chi connectivity index (χ1) is 11.2. The molecule has 3 aromatic rings. The van der Waals surface area contributed by atoms with Crippen molar-refractivity contribution in [3.8, 4) is 0 Å². The fourth-order valence-electron chi connectivity index (χ4n) is 2.29. The van der Waals surface area contributed by atoms with Crippen LogP contribution in [-0.2, 0) is 13.0 Å². The number of guanidine groups is 1. The Morgan fingerprint density at radius 3 is 2.91 bits per heavy atom. The van der Waals surface area contributed by atoms with E-state index in [0.717, 1.165) is 40.8 Å². The molecule has 3 N–H and O–H groups in total. The van der Waals surface area contributed by atoms with Gasteiger partial charge < -0.3 is 15.6 Å². The van der Waals surface area contributed by atoms with Gasteiger partial charge in [0.1, 0.15) is 10.8 Å². The van der Waals surface area contributed by atoms with Crippen molar-refractivity contribution in [3.05, 3.63) is 46.2 Å². The van der Waals surface area contributed by atoms with Gasteiger partial charge in [-0.2, -0.15) is 0 Å². The molecule has 0 saturated heterocycles. The van der Waals surface area contributed by atoms with Gasteiger partial charge in [-0.05, 0) is 19.1 Å². The van der Waals surface area contributed by atoms with Gasteiger partial charge >= 0.3 is 0 Å². The molecule has 0 fully saturated rings. The molecule has 0 bridgehead atoms. The van der Waals surface area contributed by atoms with Gasteiger partial charge in [0.25, 0.3) is 0 Å². The number of aryl methyl sites for hydroxylation is 1. The molecule has 0 amide bonds. The minimum Gasteiger partial charge on any atom is -0.356 e. The molecule has 0 spiro atoms. The van der Waals surface area contributed by atoms with Crippen LogP contribution >= 0.6 is 11.3 Å².